The fourth-order valence-electron chi connectivity index (χ4n) is 3.29. The van der Waals surface area contributed by atoms with Gasteiger partial charge >= 0.3 is 0 Å². The summed E-state index contributed by atoms with van der Waals surface area (Å²) in [5, 5.41) is 2.71. The molecule has 1 heteroatoms. The Morgan fingerprint density at radius 3 is 2.83 bits per heavy atom. The van der Waals surface area contributed by atoms with E-state index in [-0.39, 0.29) is 0 Å². The lowest BCUT2D eigenvalue weighted by Crippen LogP contribution is -1.96. The molecule has 84 valence electrons. The number of benzene rings is 2. The van der Waals surface area contributed by atoms with Crippen molar-refractivity contribution in [1.29, 1.82) is 0 Å². The standard InChI is InChI=1S/C17H13B/c18-16-7-3-5-12-10-15-13-6-2-1-4-11(13)8-9-14(15)17(12)16/h1-2,4-6,8-9H,3,7,10H2. The van der Waals surface area contributed by atoms with Crippen LogP contribution in [0, 0.1) is 0 Å². The SMILES string of the molecule is [B]C1=C2C(=CCC1)Cc1c2ccc2ccccc12. The van der Waals surface area contributed by atoms with Crippen molar-refractivity contribution in [3.05, 3.63) is 64.6 Å². The number of hydrogen-bond acceptors (Lipinski definition) is 0. The Labute approximate surface area is 108 Å². The lowest BCUT2D eigenvalue weighted by Gasteiger charge is -2.14. The molecule has 0 saturated carbocycles. The van der Waals surface area contributed by atoms with Crippen LogP contribution in [0.5, 0.6) is 0 Å². The van der Waals surface area contributed by atoms with Crippen molar-refractivity contribution in [2.75, 3.05) is 0 Å². The van der Waals surface area contributed by atoms with Crippen molar-refractivity contribution in [1.82, 2.24) is 0 Å². The predicted molar refractivity (Wildman–Crippen MR) is 77.6 cm³/mol. The van der Waals surface area contributed by atoms with Crippen LogP contribution in [-0.2, 0) is 6.42 Å². The summed E-state index contributed by atoms with van der Waals surface area (Å²) in [6, 6.07) is 13.1. The molecule has 0 aliphatic heterocycles. The van der Waals surface area contributed by atoms with Gasteiger partial charge in [0.25, 0.3) is 0 Å². The Hall–Kier alpha value is -1.76. The molecular weight excluding hydrogens is 215 g/mol. The van der Waals surface area contributed by atoms with Crippen molar-refractivity contribution >= 4 is 24.2 Å². The van der Waals surface area contributed by atoms with Gasteiger partial charge in [0, 0.05) is 0 Å². The zero-order valence-electron chi connectivity index (χ0n) is 10.2. The van der Waals surface area contributed by atoms with E-state index in [1.54, 1.807) is 0 Å². The minimum Gasteiger partial charge on any atom is -0.109 e. The van der Waals surface area contributed by atoms with Crippen LogP contribution < -0.4 is 0 Å². The van der Waals surface area contributed by atoms with E-state index in [0.717, 1.165) is 24.7 Å². The lowest BCUT2D eigenvalue weighted by molar-refractivity contribution is 1.000. The molecule has 4 rings (SSSR count). The predicted octanol–water partition coefficient (Wildman–Crippen LogP) is 4.00. The van der Waals surface area contributed by atoms with Crippen LogP contribution >= 0.6 is 0 Å². The molecule has 0 amide bonds. The highest BCUT2D eigenvalue weighted by molar-refractivity contribution is 6.27. The maximum absolute atomic E-state index is 6.22. The Balaban J connectivity index is 2.08. The second kappa shape index (κ2) is 3.62. The van der Waals surface area contributed by atoms with Crippen LogP contribution in [-0.4, -0.2) is 7.85 Å². The number of hydrogen-bond donors (Lipinski definition) is 0. The number of allylic oxidation sites excluding steroid dienone is 4. The van der Waals surface area contributed by atoms with E-state index in [4.69, 9.17) is 7.85 Å². The maximum atomic E-state index is 6.22. The second-order valence-corrected chi connectivity index (χ2v) is 5.16. The third-order valence-electron chi connectivity index (χ3n) is 4.12. The Bertz CT molecular complexity index is 719. The van der Waals surface area contributed by atoms with E-state index in [2.05, 4.69) is 42.5 Å². The van der Waals surface area contributed by atoms with Gasteiger partial charge in [-0.3, -0.25) is 0 Å². The molecule has 2 aliphatic rings. The first-order chi connectivity index (χ1) is 8.84. The maximum Gasteiger partial charge on any atom is 0.108 e. The Morgan fingerprint density at radius 1 is 1.00 bits per heavy atom. The first-order valence-electron chi connectivity index (χ1n) is 6.53. The van der Waals surface area contributed by atoms with Crippen LogP contribution in [0.15, 0.2) is 53.5 Å². The van der Waals surface area contributed by atoms with Crippen LogP contribution in [0.3, 0.4) is 0 Å². The van der Waals surface area contributed by atoms with Crippen LogP contribution in [0.4, 0.5) is 0 Å². The topological polar surface area (TPSA) is 0 Å². The highest BCUT2D eigenvalue weighted by atomic mass is 14.3. The molecule has 0 heterocycles. The lowest BCUT2D eigenvalue weighted by atomic mass is 9.79. The third-order valence-corrected chi connectivity index (χ3v) is 4.12. The smallest absolute Gasteiger partial charge is 0.108 e. The van der Waals surface area contributed by atoms with E-state index in [1.165, 1.54) is 33.0 Å². The van der Waals surface area contributed by atoms with Crippen LogP contribution in [0.25, 0.3) is 16.3 Å². The third kappa shape index (κ3) is 1.28. The molecule has 2 aliphatic carbocycles. The molecule has 0 saturated heterocycles. The van der Waals surface area contributed by atoms with E-state index in [9.17, 15) is 0 Å². The van der Waals surface area contributed by atoms with Crippen LogP contribution in [0.2, 0.25) is 0 Å². The summed E-state index contributed by atoms with van der Waals surface area (Å²) in [6.07, 6.45) is 5.51. The molecule has 0 atom stereocenters. The van der Waals surface area contributed by atoms with Crippen molar-refractivity contribution in [2.24, 2.45) is 0 Å². The van der Waals surface area contributed by atoms with Crippen molar-refractivity contribution in [3.63, 3.8) is 0 Å². The molecule has 0 aromatic heterocycles. The van der Waals surface area contributed by atoms with Crippen molar-refractivity contribution < 1.29 is 0 Å². The average Bonchev–Trinajstić information content (AvgIpc) is 2.79. The molecule has 0 bridgehead atoms. The fraction of sp³-hybridized carbons (Fsp3) is 0.176. The molecule has 0 N–H and O–H groups in total. The highest BCUT2D eigenvalue weighted by Gasteiger charge is 2.25. The van der Waals surface area contributed by atoms with Gasteiger partial charge in [0.2, 0.25) is 0 Å². The largest absolute Gasteiger partial charge is 0.109 e. The van der Waals surface area contributed by atoms with Gasteiger partial charge in [-0.15, -0.1) is 5.47 Å². The quantitative estimate of drug-likeness (QED) is 0.598. The summed E-state index contributed by atoms with van der Waals surface area (Å²) >= 11 is 0. The van der Waals surface area contributed by atoms with E-state index < -0.39 is 0 Å². The van der Waals surface area contributed by atoms with Crippen molar-refractivity contribution in [3.8, 4) is 0 Å². The van der Waals surface area contributed by atoms with Gasteiger partial charge in [-0.05, 0) is 52.3 Å². The summed E-state index contributed by atoms with van der Waals surface area (Å²) in [5.74, 6) is 0. The summed E-state index contributed by atoms with van der Waals surface area (Å²) in [4.78, 5) is 0. The van der Waals surface area contributed by atoms with Crippen molar-refractivity contribution in [2.45, 2.75) is 19.3 Å². The minimum absolute atomic E-state index is 1.01. The molecule has 18 heavy (non-hydrogen) atoms. The zero-order valence-corrected chi connectivity index (χ0v) is 10.2. The molecule has 0 spiro atoms. The normalized spacial score (nSPS) is 17.7. The van der Waals surface area contributed by atoms with Gasteiger partial charge in [-0.2, -0.15) is 0 Å². The van der Waals surface area contributed by atoms with Crippen LogP contribution in [0.1, 0.15) is 24.0 Å². The molecule has 0 nitrogen and oxygen atoms in total. The average molecular weight is 228 g/mol. The second-order valence-electron chi connectivity index (χ2n) is 5.16. The summed E-state index contributed by atoms with van der Waals surface area (Å²) < 4.78 is 0. The number of rotatable bonds is 0. The monoisotopic (exact) mass is 228 g/mol. The van der Waals surface area contributed by atoms with E-state index in [0.29, 0.717) is 0 Å². The van der Waals surface area contributed by atoms with Gasteiger partial charge in [0.05, 0.1) is 0 Å². The highest BCUT2D eigenvalue weighted by Crippen LogP contribution is 2.44. The molecule has 0 fully saturated rings. The van der Waals surface area contributed by atoms with Gasteiger partial charge in [0.15, 0.2) is 0 Å². The molecule has 2 radical (unpaired) electrons. The molecule has 2 aromatic rings. The van der Waals surface area contributed by atoms with E-state index >= 15 is 0 Å². The molecule has 2 aromatic carbocycles. The number of fused-ring (bicyclic) bond motifs is 5. The Kier molecular flexibility index (Phi) is 2.05. The zero-order chi connectivity index (χ0) is 12.1. The summed E-state index contributed by atoms with van der Waals surface area (Å²) in [7, 11) is 6.22. The fourth-order valence-corrected chi connectivity index (χ4v) is 3.29. The Morgan fingerprint density at radius 2 is 1.89 bits per heavy atom. The molecule has 0 unspecified atom stereocenters. The first kappa shape index (κ1) is 10.2. The first-order valence-corrected chi connectivity index (χ1v) is 6.53. The minimum atomic E-state index is 1.01. The summed E-state index contributed by atoms with van der Waals surface area (Å²) in [5.41, 5.74) is 6.64. The van der Waals surface area contributed by atoms with Gasteiger partial charge < -0.3 is 0 Å². The van der Waals surface area contributed by atoms with Gasteiger partial charge in [-0.1, -0.05) is 42.5 Å². The van der Waals surface area contributed by atoms with Gasteiger partial charge in [0.1, 0.15) is 7.85 Å². The summed E-state index contributed by atoms with van der Waals surface area (Å²) in [6.45, 7) is 0. The van der Waals surface area contributed by atoms with Gasteiger partial charge in [-0.25, -0.2) is 0 Å². The molecular formula is C17H13B. The van der Waals surface area contributed by atoms with E-state index in [1.807, 2.05) is 0 Å².